The Hall–Kier alpha value is -2.51. The molecule has 1 amide bonds. The molecule has 0 saturated heterocycles. The number of benzene rings is 2. The zero-order chi connectivity index (χ0) is 19.9. The number of carbonyl (C=O) groups is 1. The minimum atomic E-state index is -0.245. The molecule has 0 unspecified atom stereocenters. The van der Waals surface area contributed by atoms with Crippen LogP contribution in [-0.2, 0) is 5.75 Å². The van der Waals surface area contributed by atoms with Crippen molar-refractivity contribution in [1.82, 2.24) is 15.4 Å². The summed E-state index contributed by atoms with van der Waals surface area (Å²) in [4.78, 5) is 21.1. The number of aromatic nitrogens is 2. The van der Waals surface area contributed by atoms with Crippen molar-refractivity contribution in [3.05, 3.63) is 87.1 Å². The number of aryl methyl sites for hydroxylation is 2. The number of carbonyl (C=O) groups excluding carboxylic acids is 1. The smallest absolute Gasteiger partial charge is 0.267 e. The molecule has 0 aliphatic heterocycles. The minimum Gasteiger partial charge on any atom is -0.267 e. The molecule has 2 aromatic carbocycles. The predicted molar refractivity (Wildman–Crippen MR) is 117 cm³/mol. The quantitative estimate of drug-likeness (QED) is 0.248. The Bertz CT molecular complexity index is 968. The Morgan fingerprint density at radius 1 is 1.07 bits per heavy atom. The predicted octanol–water partition coefficient (Wildman–Crippen LogP) is 4.91. The van der Waals surface area contributed by atoms with Gasteiger partial charge in [-0.3, -0.25) is 4.79 Å². The fourth-order valence-electron chi connectivity index (χ4n) is 2.44. The molecule has 142 valence electrons. The number of thioether (sulfide) groups is 1. The van der Waals surface area contributed by atoms with Crippen LogP contribution in [0, 0.1) is 13.8 Å². The first-order valence-corrected chi connectivity index (χ1v) is 10.4. The van der Waals surface area contributed by atoms with E-state index in [0.29, 0.717) is 5.56 Å². The second-order valence-electron chi connectivity index (χ2n) is 6.17. The normalized spacial score (nSPS) is 11.0. The van der Waals surface area contributed by atoms with Crippen molar-refractivity contribution in [1.29, 1.82) is 0 Å². The molecule has 1 aromatic heterocycles. The zero-order valence-electron chi connectivity index (χ0n) is 15.5. The van der Waals surface area contributed by atoms with E-state index in [1.165, 1.54) is 0 Å². The summed E-state index contributed by atoms with van der Waals surface area (Å²) < 4.78 is 0.996. The van der Waals surface area contributed by atoms with Crippen molar-refractivity contribution in [2.24, 2.45) is 5.10 Å². The maximum Gasteiger partial charge on any atom is 0.271 e. The van der Waals surface area contributed by atoms with Crippen LogP contribution in [0.4, 0.5) is 0 Å². The Labute approximate surface area is 176 Å². The highest BCUT2D eigenvalue weighted by Crippen LogP contribution is 2.20. The molecule has 0 radical (unpaired) electrons. The van der Waals surface area contributed by atoms with Crippen molar-refractivity contribution >= 4 is 39.8 Å². The van der Waals surface area contributed by atoms with Gasteiger partial charge in [-0.15, -0.1) is 0 Å². The van der Waals surface area contributed by atoms with Gasteiger partial charge < -0.3 is 0 Å². The summed E-state index contributed by atoms with van der Waals surface area (Å²) in [5.41, 5.74) is 7.04. The van der Waals surface area contributed by atoms with Crippen molar-refractivity contribution in [3.8, 4) is 0 Å². The second kappa shape index (κ2) is 9.61. The molecule has 0 spiro atoms. The standard InChI is InChI=1S/C21H19BrN4OS/c1-14-11-15(2)25-21(24-14)28-13-17-3-7-18(8-4-17)20(27)26-23-12-16-5-9-19(22)10-6-16/h3-12H,13H2,1-2H3,(H,26,27)/b23-12+. The number of amides is 1. The molecule has 0 atom stereocenters. The van der Waals surface area contributed by atoms with Crippen LogP contribution in [0.3, 0.4) is 0 Å². The SMILES string of the molecule is Cc1cc(C)nc(SCc2ccc(C(=O)N/N=C/c3ccc(Br)cc3)cc2)n1. The van der Waals surface area contributed by atoms with E-state index in [9.17, 15) is 4.79 Å². The van der Waals surface area contributed by atoms with E-state index >= 15 is 0 Å². The Kier molecular flexibility index (Phi) is 6.95. The minimum absolute atomic E-state index is 0.245. The van der Waals surface area contributed by atoms with E-state index in [4.69, 9.17) is 0 Å². The molecular formula is C21H19BrN4OS. The summed E-state index contributed by atoms with van der Waals surface area (Å²) in [7, 11) is 0. The van der Waals surface area contributed by atoms with Crippen LogP contribution in [0.15, 0.2) is 69.3 Å². The van der Waals surface area contributed by atoms with Gasteiger partial charge in [0.05, 0.1) is 6.21 Å². The van der Waals surface area contributed by atoms with E-state index in [0.717, 1.165) is 37.9 Å². The van der Waals surface area contributed by atoms with Crippen molar-refractivity contribution in [2.45, 2.75) is 24.8 Å². The molecule has 0 aliphatic carbocycles. The third-order valence-electron chi connectivity index (χ3n) is 3.80. The first kappa shape index (κ1) is 20.2. The van der Waals surface area contributed by atoms with Crippen LogP contribution in [0.1, 0.15) is 32.9 Å². The number of hydrogen-bond donors (Lipinski definition) is 1. The highest BCUT2D eigenvalue weighted by Gasteiger charge is 2.06. The zero-order valence-corrected chi connectivity index (χ0v) is 17.9. The first-order valence-electron chi connectivity index (χ1n) is 8.62. The lowest BCUT2D eigenvalue weighted by molar-refractivity contribution is 0.0955. The van der Waals surface area contributed by atoms with Gasteiger partial charge in [0.25, 0.3) is 5.91 Å². The summed E-state index contributed by atoms with van der Waals surface area (Å²) >= 11 is 4.96. The van der Waals surface area contributed by atoms with Gasteiger partial charge in [0.1, 0.15) is 0 Å². The molecule has 0 bridgehead atoms. The highest BCUT2D eigenvalue weighted by molar-refractivity contribution is 9.10. The summed E-state index contributed by atoms with van der Waals surface area (Å²) in [6, 6.07) is 17.1. The van der Waals surface area contributed by atoms with Gasteiger partial charge in [-0.05, 0) is 55.3 Å². The lowest BCUT2D eigenvalue weighted by Gasteiger charge is -2.05. The van der Waals surface area contributed by atoms with Crippen molar-refractivity contribution < 1.29 is 4.79 Å². The monoisotopic (exact) mass is 454 g/mol. The van der Waals surface area contributed by atoms with E-state index in [2.05, 4.69) is 36.4 Å². The molecule has 1 heterocycles. The molecule has 5 nitrogen and oxygen atoms in total. The third kappa shape index (κ3) is 6.00. The number of rotatable bonds is 6. The van der Waals surface area contributed by atoms with Crippen LogP contribution in [0.25, 0.3) is 0 Å². The Morgan fingerprint density at radius 3 is 2.36 bits per heavy atom. The van der Waals surface area contributed by atoms with Crippen LogP contribution in [0.5, 0.6) is 0 Å². The number of hydrogen-bond acceptors (Lipinski definition) is 5. The molecule has 3 aromatic rings. The summed E-state index contributed by atoms with van der Waals surface area (Å²) in [6.45, 7) is 3.93. The van der Waals surface area contributed by atoms with Crippen LogP contribution in [-0.4, -0.2) is 22.1 Å². The average molecular weight is 455 g/mol. The largest absolute Gasteiger partial charge is 0.271 e. The van der Waals surface area contributed by atoms with Crippen molar-refractivity contribution in [3.63, 3.8) is 0 Å². The van der Waals surface area contributed by atoms with E-state index < -0.39 is 0 Å². The first-order chi connectivity index (χ1) is 13.5. The van der Waals surface area contributed by atoms with Gasteiger partial charge in [-0.2, -0.15) is 5.10 Å². The number of nitrogens with zero attached hydrogens (tertiary/aromatic N) is 3. The summed E-state index contributed by atoms with van der Waals surface area (Å²) in [5, 5.41) is 4.77. The topological polar surface area (TPSA) is 67.2 Å². The number of halogens is 1. The fourth-order valence-corrected chi connectivity index (χ4v) is 3.61. The van der Waals surface area contributed by atoms with E-state index in [1.807, 2.05) is 56.3 Å². The molecule has 0 fully saturated rings. The van der Waals surface area contributed by atoms with E-state index in [-0.39, 0.29) is 5.91 Å². The Balaban J connectivity index is 1.54. The third-order valence-corrected chi connectivity index (χ3v) is 5.24. The molecule has 7 heteroatoms. The molecule has 0 aliphatic rings. The highest BCUT2D eigenvalue weighted by atomic mass is 79.9. The number of nitrogens with one attached hydrogen (secondary N) is 1. The van der Waals surface area contributed by atoms with Gasteiger partial charge in [0.15, 0.2) is 5.16 Å². The lowest BCUT2D eigenvalue weighted by Crippen LogP contribution is -2.17. The average Bonchev–Trinajstić information content (AvgIpc) is 2.67. The fraction of sp³-hybridized carbons (Fsp3) is 0.143. The van der Waals surface area contributed by atoms with Gasteiger partial charge >= 0.3 is 0 Å². The molecular weight excluding hydrogens is 436 g/mol. The second-order valence-corrected chi connectivity index (χ2v) is 8.03. The summed E-state index contributed by atoms with van der Waals surface area (Å²) in [6.07, 6.45) is 1.61. The van der Waals surface area contributed by atoms with Gasteiger partial charge in [0, 0.05) is 27.2 Å². The van der Waals surface area contributed by atoms with Gasteiger partial charge in [-0.1, -0.05) is 52.0 Å². The lowest BCUT2D eigenvalue weighted by atomic mass is 10.1. The molecule has 1 N–H and O–H groups in total. The summed E-state index contributed by atoms with van der Waals surface area (Å²) in [5.74, 6) is 0.497. The maximum absolute atomic E-state index is 12.2. The van der Waals surface area contributed by atoms with E-state index in [1.54, 1.807) is 30.1 Å². The maximum atomic E-state index is 12.2. The molecule has 3 rings (SSSR count). The molecule has 28 heavy (non-hydrogen) atoms. The van der Waals surface area contributed by atoms with Crippen LogP contribution in [0.2, 0.25) is 0 Å². The van der Waals surface area contributed by atoms with Crippen LogP contribution >= 0.6 is 27.7 Å². The van der Waals surface area contributed by atoms with Gasteiger partial charge in [-0.25, -0.2) is 15.4 Å². The Morgan fingerprint density at radius 2 is 1.71 bits per heavy atom. The van der Waals surface area contributed by atoms with Crippen molar-refractivity contribution in [2.75, 3.05) is 0 Å². The number of hydrazone groups is 1. The van der Waals surface area contributed by atoms with Gasteiger partial charge in [0.2, 0.25) is 0 Å². The van der Waals surface area contributed by atoms with Crippen LogP contribution < -0.4 is 5.43 Å². The molecule has 0 saturated carbocycles.